The largest absolute Gasteiger partial charge is 0.297 e. The van der Waals surface area contributed by atoms with Gasteiger partial charge in [-0.1, -0.05) is 0 Å². The molecule has 0 aliphatic carbocycles. The molecule has 1 fully saturated rings. The Morgan fingerprint density at radius 2 is 2.46 bits per heavy atom. The van der Waals surface area contributed by atoms with Gasteiger partial charge in [-0.05, 0) is 24.8 Å². The lowest BCUT2D eigenvalue weighted by atomic mass is 10.3. The van der Waals surface area contributed by atoms with Crippen LogP contribution in [-0.4, -0.2) is 39.7 Å². The first-order chi connectivity index (χ1) is 6.45. The summed E-state index contributed by atoms with van der Waals surface area (Å²) in [6, 6.07) is 2.05. The highest BCUT2D eigenvalue weighted by molar-refractivity contribution is 7.99. The topological polar surface area (TPSA) is 31.9 Å². The van der Waals surface area contributed by atoms with Gasteiger partial charge in [-0.25, -0.2) is 0 Å². The summed E-state index contributed by atoms with van der Waals surface area (Å²) in [5.74, 6) is 2.59. The summed E-state index contributed by atoms with van der Waals surface area (Å²) in [4.78, 5) is 2.49. The lowest BCUT2D eigenvalue weighted by molar-refractivity contribution is 0.284. The molecule has 0 spiro atoms. The van der Waals surface area contributed by atoms with Crippen molar-refractivity contribution in [3.05, 3.63) is 18.0 Å². The second-order valence-electron chi connectivity index (χ2n) is 3.32. The molecule has 0 amide bonds. The molecule has 2 heterocycles. The van der Waals surface area contributed by atoms with Gasteiger partial charge in [0.15, 0.2) is 0 Å². The number of hydrogen-bond donors (Lipinski definition) is 1. The van der Waals surface area contributed by atoms with Crippen LogP contribution in [0.1, 0.15) is 12.1 Å². The molecule has 0 saturated carbocycles. The van der Waals surface area contributed by atoms with Crippen molar-refractivity contribution < 1.29 is 0 Å². The third-order valence-electron chi connectivity index (χ3n) is 2.27. The molecule has 3 nitrogen and oxygen atoms in total. The third-order valence-corrected chi connectivity index (χ3v) is 3.32. The molecule has 1 aromatic rings. The fourth-order valence-electron chi connectivity index (χ4n) is 1.57. The van der Waals surface area contributed by atoms with Crippen LogP contribution in [0.4, 0.5) is 0 Å². The fourth-order valence-corrected chi connectivity index (χ4v) is 2.49. The second kappa shape index (κ2) is 4.67. The number of rotatable bonds is 2. The van der Waals surface area contributed by atoms with E-state index in [1.165, 1.54) is 36.7 Å². The molecular weight excluding hydrogens is 182 g/mol. The fraction of sp³-hybridized carbons (Fsp3) is 0.667. The van der Waals surface area contributed by atoms with Crippen LogP contribution >= 0.6 is 11.8 Å². The van der Waals surface area contributed by atoms with Crippen LogP contribution < -0.4 is 0 Å². The molecule has 1 aliphatic rings. The average molecular weight is 197 g/mol. The average Bonchev–Trinajstić information content (AvgIpc) is 2.49. The maximum absolute atomic E-state index is 3.95. The number of nitrogens with one attached hydrogen (secondary N) is 1. The van der Waals surface area contributed by atoms with E-state index in [0.29, 0.717) is 0 Å². The van der Waals surface area contributed by atoms with Crippen molar-refractivity contribution in [3.8, 4) is 0 Å². The first-order valence-electron chi connectivity index (χ1n) is 4.73. The van der Waals surface area contributed by atoms with Crippen molar-refractivity contribution in [1.29, 1.82) is 0 Å². The summed E-state index contributed by atoms with van der Waals surface area (Å²) in [5.41, 5.74) is 1.23. The summed E-state index contributed by atoms with van der Waals surface area (Å²) in [5, 5.41) is 6.96. The van der Waals surface area contributed by atoms with E-state index in [4.69, 9.17) is 0 Å². The molecular formula is C9H15N3S. The summed E-state index contributed by atoms with van der Waals surface area (Å²) in [6.07, 6.45) is 3.14. The van der Waals surface area contributed by atoms with Gasteiger partial charge in [-0.3, -0.25) is 10.00 Å². The Bertz CT molecular complexity index is 227. The first kappa shape index (κ1) is 9.09. The maximum atomic E-state index is 3.95. The summed E-state index contributed by atoms with van der Waals surface area (Å²) in [6.45, 7) is 3.47. The zero-order valence-electron chi connectivity index (χ0n) is 7.70. The number of thioether (sulfide) groups is 1. The van der Waals surface area contributed by atoms with Crippen LogP contribution in [0.15, 0.2) is 12.3 Å². The van der Waals surface area contributed by atoms with E-state index in [1.54, 1.807) is 0 Å². The Labute approximate surface area is 82.9 Å². The standard InChI is InChI=1S/C9H15N3S/c1-4-12(5-7-13-6-1)8-9-2-3-10-11-9/h2-3H,1,4-8H2,(H,10,11). The van der Waals surface area contributed by atoms with Crippen molar-refractivity contribution in [2.24, 2.45) is 0 Å². The zero-order chi connectivity index (χ0) is 8.93. The molecule has 0 radical (unpaired) electrons. The lowest BCUT2D eigenvalue weighted by Crippen LogP contribution is -2.25. The second-order valence-corrected chi connectivity index (χ2v) is 4.55. The van der Waals surface area contributed by atoms with Crippen LogP contribution in [0.3, 0.4) is 0 Å². The third kappa shape index (κ3) is 2.74. The van der Waals surface area contributed by atoms with Gasteiger partial charge in [0.25, 0.3) is 0 Å². The zero-order valence-corrected chi connectivity index (χ0v) is 8.52. The molecule has 13 heavy (non-hydrogen) atoms. The van der Waals surface area contributed by atoms with Gasteiger partial charge in [0.1, 0.15) is 0 Å². The molecule has 1 aliphatic heterocycles. The van der Waals surface area contributed by atoms with Crippen LogP contribution in [0.2, 0.25) is 0 Å². The molecule has 4 heteroatoms. The number of aromatic nitrogens is 2. The highest BCUT2D eigenvalue weighted by Gasteiger charge is 2.09. The maximum Gasteiger partial charge on any atom is 0.0492 e. The minimum atomic E-state index is 1.03. The van der Waals surface area contributed by atoms with Gasteiger partial charge in [0, 0.05) is 30.7 Å². The number of aromatic amines is 1. The first-order valence-corrected chi connectivity index (χ1v) is 5.89. The van der Waals surface area contributed by atoms with Crippen LogP contribution in [0, 0.1) is 0 Å². The molecule has 0 atom stereocenters. The van der Waals surface area contributed by atoms with Crippen LogP contribution in [-0.2, 0) is 6.54 Å². The van der Waals surface area contributed by atoms with E-state index in [-0.39, 0.29) is 0 Å². The van der Waals surface area contributed by atoms with E-state index in [2.05, 4.69) is 32.9 Å². The van der Waals surface area contributed by atoms with E-state index in [9.17, 15) is 0 Å². The van der Waals surface area contributed by atoms with E-state index in [0.717, 1.165) is 6.54 Å². The normalized spacial score (nSPS) is 20.0. The van der Waals surface area contributed by atoms with E-state index >= 15 is 0 Å². The molecule has 72 valence electrons. The lowest BCUT2D eigenvalue weighted by Gasteiger charge is -2.17. The Balaban J connectivity index is 1.86. The van der Waals surface area contributed by atoms with Gasteiger partial charge >= 0.3 is 0 Å². The Kier molecular flexibility index (Phi) is 3.27. The van der Waals surface area contributed by atoms with Gasteiger partial charge in [-0.15, -0.1) is 0 Å². The van der Waals surface area contributed by atoms with Crippen molar-refractivity contribution in [2.45, 2.75) is 13.0 Å². The number of hydrogen-bond acceptors (Lipinski definition) is 3. The number of H-pyrrole nitrogens is 1. The minimum absolute atomic E-state index is 1.03. The minimum Gasteiger partial charge on any atom is -0.297 e. The van der Waals surface area contributed by atoms with Gasteiger partial charge in [0.05, 0.1) is 0 Å². The molecule has 0 aromatic carbocycles. The quantitative estimate of drug-likeness (QED) is 0.776. The SMILES string of the molecule is c1cc(CN2CCCSCC2)[nH]n1. The van der Waals surface area contributed by atoms with Crippen molar-refractivity contribution in [3.63, 3.8) is 0 Å². The summed E-state index contributed by atoms with van der Waals surface area (Å²) < 4.78 is 0. The summed E-state index contributed by atoms with van der Waals surface area (Å²) in [7, 11) is 0. The molecule has 1 saturated heterocycles. The van der Waals surface area contributed by atoms with Gasteiger partial charge < -0.3 is 0 Å². The molecule has 0 unspecified atom stereocenters. The Morgan fingerprint density at radius 3 is 3.31 bits per heavy atom. The molecule has 1 aromatic heterocycles. The molecule has 0 bridgehead atoms. The van der Waals surface area contributed by atoms with Crippen molar-refractivity contribution >= 4 is 11.8 Å². The molecule has 1 N–H and O–H groups in total. The Hall–Kier alpha value is -0.480. The predicted octanol–water partition coefficient (Wildman–Crippen LogP) is 1.35. The smallest absolute Gasteiger partial charge is 0.0492 e. The van der Waals surface area contributed by atoms with Crippen LogP contribution in [0.5, 0.6) is 0 Å². The van der Waals surface area contributed by atoms with E-state index in [1.807, 2.05) is 6.20 Å². The Morgan fingerprint density at radius 1 is 1.46 bits per heavy atom. The van der Waals surface area contributed by atoms with E-state index < -0.39 is 0 Å². The highest BCUT2D eigenvalue weighted by Crippen LogP contribution is 2.11. The van der Waals surface area contributed by atoms with Crippen molar-refractivity contribution in [1.82, 2.24) is 15.1 Å². The predicted molar refractivity (Wildman–Crippen MR) is 55.8 cm³/mol. The summed E-state index contributed by atoms with van der Waals surface area (Å²) >= 11 is 2.06. The highest BCUT2D eigenvalue weighted by atomic mass is 32.2. The number of nitrogens with zero attached hydrogens (tertiary/aromatic N) is 2. The monoisotopic (exact) mass is 197 g/mol. The van der Waals surface area contributed by atoms with Gasteiger partial charge in [0.2, 0.25) is 0 Å². The van der Waals surface area contributed by atoms with Crippen molar-refractivity contribution in [2.75, 3.05) is 24.6 Å². The van der Waals surface area contributed by atoms with Gasteiger partial charge in [-0.2, -0.15) is 16.9 Å². The molecule has 2 rings (SSSR count). The van der Waals surface area contributed by atoms with Crippen LogP contribution in [0.25, 0.3) is 0 Å².